The van der Waals surface area contributed by atoms with Crippen LogP contribution in [0.4, 0.5) is 0 Å². The summed E-state index contributed by atoms with van der Waals surface area (Å²) in [4.78, 5) is 5.05. The summed E-state index contributed by atoms with van der Waals surface area (Å²) in [7, 11) is 0. The summed E-state index contributed by atoms with van der Waals surface area (Å²) in [5.41, 5.74) is 0.310. The molecule has 2 fully saturated rings. The number of β-amino-alcohol motifs (C(OH)–C–C–N with tert-alkyl or cyclic N) is 1. The van der Waals surface area contributed by atoms with Crippen LogP contribution in [0.25, 0.3) is 0 Å². The van der Waals surface area contributed by atoms with Crippen molar-refractivity contribution in [2.45, 2.75) is 44.8 Å². The molecule has 2 aliphatic rings. The fourth-order valence-electron chi connectivity index (χ4n) is 2.97. The summed E-state index contributed by atoms with van der Waals surface area (Å²) in [6, 6.07) is 1.43. The van der Waals surface area contributed by atoms with Gasteiger partial charge in [0.2, 0.25) is 0 Å². The zero-order chi connectivity index (χ0) is 10.3. The standard InChI is InChI=1S/C11H22N2O/c1-11(2,3)13-8-9-6-10(13)7-12(9)4-5-14/h9-10,14H,4-8H2,1-3H3. The highest BCUT2D eigenvalue weighted by atomic mass is 16.3. The molecule has 0 spiro atoms. The zero-order valence-electron chi connectivity index (χ0n) is 9.53. The van der Waals surface area contributed by atoms with Crippen molar-refractivity contribution in [1.82, 2.24) is 9.80 Å². The van der Waals surface area contributed by atoms with Gasteiger partial charge in [-0.15, -0.1) is 0 Å². The number of likely N-dealkylation sites (tertiary alicyclic amines) is 2. The minimum atomic E-state index is 0.304. The van der Waals surface area contributed by atoms with Crippen LogP contribution in [0.3, 0.4) is 0 Å². The lowest BCUT2D eigenvalue weighted by atomic mass is 10.0. The van der Waals surface area contributed by atoms with Crippen LogP contribution in [-0.4, -0.2) is 58.8 Å². The predicted molar refractivity (Wildman–Crippen MR) is 57.3 cm³/mol. The monoisotopic (exact) mass is 198 g/mol. The molecule has 1 N–H and O–H groups in total. The van der Waals surface area contributed by atoms with E-state index >= 15 is 0 Å². The van der Waals surface area contributed by atoms with Gasteiger partial charge in [-0.25, -0.2) is 0 Å². The molecule has 0 aromatic carbocycles. The van der Waals surface area contributed by atoms with Gasteiger partial charge in [-0.05, 0) is 27.2 Å². The van der Waals surface area contributed by atoms with E-state index in [0.717, 1.165) is 19.1 Å². The lowest BCUT2D eigenvalue weighted by molar-refractivity contribution is 0.0506. The quantitative estimate of drug-likeness (QED) is 0.701. The second kappa shape index (κ2) is 3.47. The molecule has 82 valence electrons. The number of piperazine rings is 1. The van der Waals surface area contributed by atoms with Gasteiger partial charge < -0.3 is 5.11 Å². The van der Waals surface area contributed by atoms with Gasteiger partial charge in [0, 0.05) is 37.3 Å². The number of hydrogen-bond donors (Lipinski definition) is 1. The molecule has 2 rings (SSSR count). The average molecular weight is 198 g/mol. The second-order valence-corrected chi connectivity index (χ2v) is 5.59. The number of fused-ring (bicyclic) bond motifs is 2. The smallest absolute Gasteiger partial charge is 0.0558 e. The van der Waals surface area contributed by atoms with Crippen molar-refractivity contribution in [3.63, 3.8) is 0 Å². The molecule has 2 heterocycles. The summed E-state index contributed by atoms with van der Waals surface area (Å²) in [5, 5.41) is 8.93. The van der Waals surface area contributed by atoms with Crippen molar-refractivity contribution in [2.24, 2.45) is 0 Å². The van der Waals surface area contributed by atoms with Gasteiger partial charge in [0.05, 0.1) is 6.61 Å². The molecule has 2 bridgehead atoms. The van der Waals surface area contributed by atoms with Crippen molar-refractivity contribution < 1.29 is 5.11 Å². The molecule has 14 heavy (non-hydrogen) atoms. The SMILES string of the molecule is CC(C)(C)N1CC2CC1CN2CCO. The molecule has 2 aliphatic heterocycles. The molecule has 0 radical (unpaired) electrons. The summed E-state index contributed by atoms with van der Waals surface area (Å²) < 4.78 is 0. The van der Waals surface area contributed by atoms with E-state index in [1.807, 2.05) is 0 Å². The van der Waals surface area contributed by atoms with Gasteiger partial charge >= 0.3 is 0 Å². The van der Waals surface area contributed by atoms with Gasteiger partial charge in [-0.3, -0.25) is 9.80 Å². The van der Waals surface area contributed by atoms with Gasteiger partial charge in [-0.1, -0.05) is 0 Å². The fraction of sp³-hybridized carbons (Fsp3) is 1.00. The lowest BCUT2D eigenvalue weighted by Gasteiger charge is -2.41. The maximum Gasteiger partial charge on any atom is 0.0558 e. The second-order valence-electron chi connectivity index (χ2n) is 5.59. The molecule has 3 heteroatoms. The van der Waals surface area contributed by atoms with Gasteiger partial charge in [0.15, 0.2) is 0 Å². The van der Waals surface area contributed by atoms with Crippen molar-refractivity contribution in [3.05, 3.63) is 0 Å². The Hall–Kier alpha value is -0.120. The molecule has 0 aliphatic carbocycles. The van der Waals surface area contributed by atoms with Crippen LogP contribution in [0, 0.1) is 0 Å². The number of rotatable bonds is 2. The first-order valence-electron chi connectivity index (χ1n) is 5.64. The summed E-state index contributed by atoms with van der Waals surface area (Å²) in [6.45, 7) is 10.4. The van der Waals surface area contributed by atoms with Crippen LogP contribution in [0.5, 0.6) is 0 Å². The summed E-state index contributed by atoms with van der Waals surface area (Å²) in [5.74, 6) is 0. The predicted octanol–water partition coefficient (Wildman–Crippen LogP) is 0.536. The maximum absolute atomic E-state index is 8.93. The van der Waals surface area contributed by atoms with Crippen LogP contribution in [0.2, 0.25) is 0 Å². The highest BCUT2D eigenvalue weighted by Gasteiger charge is 2.46. The van der Waals surface area contributed by atoms with E-state index in [-0.39, 0.29) is 0 Å². The van der Waals surface area contributed by atoms with Crippen LogP contribution >= 0.6 is 0 Å². The zero-order valence-corrected chi connectivity index (χ0v) is 9.53. The van der Waals surface area contributed by atoms with E-state index in [1.165, 1.54) is 13.0 Å². The third kappa shape index (κ3) is 1.69. The van der Waals surface area contributed by atoms with E-state index in [9.17, 15) is 0 Å². The Morgan fingerprint density at radius 1 is 1.21 bits per heavy atom. The van der Waals surface area contributed by atoms with Crippen LogP contribution < -0.4 is 0 Å². The molecule has 0 saturated carbocycles. The fourth-order valence-corrected chi connectivity index (χ4v) is 2.97. The van der Waals surface area contributed by atoms with Crippen LogP contribution in [0.1, 0.15) is 27.2 Å². The van der Waals surface area contributed by atoms with Crippen molar-refractivity contribution in [1.29, 1.82) is 0 Å². The Kier molecular flexibility index (Phi) is 2.58. The van der Waals surface area contributed by atoms with Crippen molar-refractivity contribution in [2.75, 3.05) is 26.2 Å². The van der Waals surface area contributed by atoms with E-state index < -0.39 is 0 Å². The third-order valence-corrected chi connectivity index (χ3v) is 3.60. The Morgan fingerprint density at radius 3 is 2.36 bits per heavy atom. The Bertz CT molecular complexity index is 212. The van der Waals surface area contributed by atoms with Gasteiger partial charge in [-0.2, -0.15) is 0 Å². The van der Waals surface area contributed by atoms with E-state index in [4.69, 9.17) is 5.11 Å². The molecule has 0 aromatic heterocycles. The number of aliphatic hydroxyl groups excluding tert-OH is 1. The van der Waals surface area contributed by atoms with Gasteiger partial charge in [0.25, 0.3) is 0 Å². The number of nitrogens with zero attached hydrogens (tertiary/aromatic N) is 2. The minimum absolute atomic E-state index is 0.304. The third-order valence-electron chi connectivity index (χ3n) is 3.60. The Balaban J connectivity index is 1.96. The molecule has 2 saturated heterocycles. The van der Waals surface area contributed by atoms with Crippen LogP contribution in [0.15, 0.2) is 0 Å². The van der Waals surface area contributed by atoms with E-state index in [0.29, 0.717) is 18.2 Å². The normalized spacial score (nSPS) is 34.3. The molecule has 0 aromatic rings. The average Bonchev–Trinajstić information content (AvgIpc) is 2.61. The highest BCUT2D eigenvalue weighted by Crippen LogP contribution is 2.34. The molecule has 0 amide bonds. The Labute approximate surface area is 86.7 Å². The number of aliphatic hydroxyl groups is 1. The molecule has 2 unspecified atom stereocenters. The van der Waals surface area contributed by atoms with Crippen LogP contribution in [-0.2, 0) is 0 Å². The number of hydrogen-bond acceptors (Lipinski definition) is 3. The molecular weight excluding hydrogens is 176 g/mol. The first-order valence-corrected chi connectivity index (χ1v) is 5.64. The van der Waals surface area contributed by atoms with Gasteiger partial charge in [0.1, 0.15) is 0 Å². The maximum atomic E-state index is 8.93. The largest absolute Gasteiger partial charge is 0.395 e. The molecular formula is C11H22N2O. The Morgan fingerprint density at radius 2 is 1.93 bits per heavy atom. The van der Waals surface area contributed by atoms with E-state index in [1.54, 1.807) is 0 Å². The minimum Gasteiger partial charge on any atom is -0.395 e. The summed E-state index contributed by atoms with van der Waals surface area (Å²) >= 11 is 0. The topological polar surface area (TPSA) is 26.7 Å². The lowest BCUT2D eigenvalue weighted by Crippen LogP contribution is -2.53. The van der Waals surface area contributed by atoms with Crippen molar-refractivity contribution in [3.8, 4) is 0 Å². The molecule has 2 atom stereocenters. The van der Waals surface area contributed by atoms with Crippen molar-refractivity contribution >= 4 is 0 Å². The van der Waals surface area contributed by atoms with E-state index in [2.05, 4.69) is 30.6 Å². The highest BCUT2D eigenvalue weighted by molar-refractivity contribution is 5.02. The first kappa shape index (κ1) is 10.4. The first-order chi connectivity index (χ1) is 6.52. The summed E-state index contributed by atoms with van der Waals surface area (Å²) in [6.07, 6.45) is 1.30. The molecule has 3 nitrogen and oxygen atoms in total.